The van der Waals surface area contributed by atoms with Crippen LogP contribution in [0.4, 0.5) is 0 Å². The minimum absolute atomic E-state index is 0.101. The van der Waals surface area contributed by atoms with Crippen LogP contribution in [0.1, 0.15) is 18.2 Å². The van der Waals surface area contributed by atoms with Gasteiger partial charge in [0.2, 0.25) is 0 Å². The van der Waals surface area contributed by atoms with E-state index in [1.54, 1.807) is 0 Å². The monoisotopic (exact) mass is 563 g/mol. The van der Waals surface area contributed by atoms with Crippen LogP contribution in [-0.2, 0) is 0 Å². The molecule has 0 saturated heterocycles. The first-order valence-corrected chi connectivity index (χ1v) is 15.1. The van der Waals surface area contributed by atoms with Gasteiger partial charge in [0.05, 0.1) is 0 Å². The smallest absolute Gasteiger partial charge is 0.164 e. The first kappa shape index (κ1) is 26.0. The Morgan fingerprint density at radius 1 is 0.409 bits per heavy atom. The highest BCUT2D eigenvalue weighted by molar-refractivity contribution is 6.20. The summed E-state index contributed by atoms with van der Waals surface area (Å²) in [6.07, 6.45) is 9.41. The van der Waals surface area contributed by atoms with Crippen LogP contribution in [0.15, 0.2) is 158 Å². The molecule has 1 aliphatic carbocycles. The standard InChI is InChI=1S/C41H29N3/c1-4-14-28(15-5-1)29-24-26-30(27-25-29)37-33-20-10-12-22-35(33)38(36-23-13-11-21-34(36)37)41-43-39(31-16-6-2-7-17-31)42-40(44-41)32-18-8-3-9-19-32/h1-18,20-27,32H,19H2. The first-order chi connectivity index (χ1) is 21.8. The molecule has 1 atom stereocenters. The quantitative estimate of drug-likeness (QED) is 0.196. The molecule has 8 rings (SSSR count). The molecule has 6 aromatic carbocycles. The fraction of sp³-hybridized carbons (Fsp3) is 0.0488. The molecule has 0 spiro atoms. The molecule has 44 heavy (non-hydrogen) atoms. The summed E-state index contributed by atoms with van der Waals surface area (Å²) in [5.41, 5.74) is 6.85. The number of nitrogens with zero attached hydrogens (tertiary/aromatic N) is 3. The Morgan fingerprint density at radius 3 is 1.50 bits per heavy atom. The molecule has 208 valence electrons. The van der Waals surface area contributed by atoms with E-state index in [4.69, 9.17) is 15.0 Å². The van der Waals surface area contributed by atoms with Crippen LogP contribution >= 0.6 is 0 Å². The Bertz CT molecular complexity index is 2120. The van der Waals surface area contributed by atoms with Crippen molar-refractivity contribution in [3.05, 3.63) is 164 Å². The third-order valence-corrected chi connectivity index (χ3v) is 8.43. The predicted octanol–water partition coefficient (Wildman–Crippen LogP) is 10.4. The molecule has 0 amide bonds. The highest BCUT2D eigenvalue weighted by Gasteiger charge is 2.22. The first-order valence-electron chi connectivity index (χ1n) is 15.1. The van der Waals surface area contributed by atoms with Gasteiger partial charge in [-0.1, -0.05) is 158 Å². The van der Waals surface area contributed by atoms with Crippen LogP contribution in [0.3, 0.4) is 0 Å². The number of aromatic nitrogens is 3. The van der Waals surface area contributed by atoms with E-state index in [1.807, 2.05) is 18.2 Å². The summed E-state index contributed by atoms with van der Waals surface area (Å²) in [6, 6.07) is 47.0. The van der Waals surface area contributed by atoms with Crippen molar-refractivity contribution < 1.29 is 0 Å². The Labute approximate surface area is 256 Å². The summed E-state index contributed by atoms with van der Waals surface area (Å²) in [5, 5.41) is 4.61. The SMILES string of the molecule is C1=CCC(c2nc(-c3ccccc3)nc(-c3c4ccccc4c(-c4ccc(-c5ccccc5)cc4)c4ccccc34)n2)C=C1. The van der Waals surface area contributed by atoms with E-state index in [-0.39, 0.29) is 5.92 Å². The van der Waals surface area contributed by atoms with Gasteiger partial charge in [-0.25, -0.2) is 15.0 Å². The second-order valence-electron chi connectivity index (χ2n) is 11.1. The normalized spacial score (nSPS) is 14.3. The van der Waals surface area contributed by atoms with Gasteiger partial charge in [-0.15, -0.1) is 0 Å². The fourth-order valence-electron chi connectivity index (χ4n) is 6.30. The molecule has 7 aromatic rings. The molecule has 1 aromatic heterocycles. The zero-order valence-corrected chi connectivity index (χ0v) is 24.1. The number of hydrogen-bond acceptors (Lipinski definition) is 3. The Kier molecular flexibility index (Phi) is 6.62. The molecule has 1 heterocycles. The fourth-order valence-corrected chi connectivity index (χ4v) is 6.30. The lowest BCUT2D eigenvalue weighted by Crippen LogP contribution is -2.08. The third-order valence-electron chi connectivity index (χ3n) is 8.43. The van der Waals surface area contributed by atoms with Gasteiger partial charge in [-0.2, -0.15) is 0 Å². The second kappa shape index (κ2) is 11.2. The van der Waals surface area contributed by atoms with E-state index < -0.39 is 0 Å². The summed E-state index contributed by atoms with van der Waals surface area (Å²) in [4.78, 5) is 15.3. The zero-order valence-electron chi connectivity index (χ0n) is 24.1. The summed E-state index contributed by atoms with van der Waals surface area (Å²) in [6.45, 7) is 0. The van der Waals surface area contributed by atoms with E-state index in [0.717, 1.165) is 34.1 Å². The number of fused-ring (bicyclic) bond motifs is 2. The predicted molar refractivity (Wildman–Crippen MR) is 182 cm³/mol. The molecule has 0 N–H and O–H groups in total. The van der Waals surface area contributed by atoms with Crippen molar-refractivity contribution in [3.8, 4) is 45.0 Å². The van der Waals surface area contributed by atoms with Gasteiger partial charge in [0.15, 0.2) is 11.6 Å². The molecule has 3 nitrogen and oxygen atoms in total. The van der Waals surface area contributed by atoms with Crippen molar-refractivity contribution >= 4 is 21.5 Å². The van der Waals surface area contributed by atoms with Crippen LogP contribution in [0.5, 0.6) is 0 Å². The third kappa shape index (κ3) is 4.69. The van der Waals surface area contributed by atoms with Gasteiger partial charge in [-0.3, -0.25) is 0 Å². The van der Waals surface area contributed by atoms with E-state index >= 15 is 0 Å². The molecule has 0 bridgehead atoms. The van der Waals surface area contributed by atoms with E-state index in [9.17, 15) is 0 Å². The number of hydrogen-bond donors (Lipinski definition) is 0. The van der Waals surface area contributed by atoms with Crippen LogP contribution < -0.4 is 0 Å². The molecular weight excluding hydrogens is 534 g/mol. The molecular formula is C41H29N3. The number of allylic oxidation sites excluding steroid dienone is 4. The molecule has 0 radical (unpaired) electrons. The van der Waals surface area contributed by atoms with Crippen molar-refractivity contribution in [3.63, 3.8) is 0 Å². The maximum absolute atomic E-state index is 5.19. The zero-order chi connectivity index (χ0) is 29.3. The van der Waals surface area contributed by atoms with E-state index in [0.29, 0.717) is 11.6 Å². The van der Waals surface area contributed by atoms with Gasteiger partial charge < -0.3 is 0 Å². The Balaban J connectivity index is 1.38. The van der Waals surface area contributed by atoms with Gasteiger partial charge in [0.1, 0.15) is 5.82 Å². The summed E-state index contributed by atoms with van der Waals surface area (Å²) >= 11 is 0. The van der Waals surface area contributed by atoms with Crippen molar-refractivity contribution in [2.45, 2.75) is 12.3 Å². The highest BCUT2D eigenvalue weighted by atomic mass is 15.0. The van der Waals surface area contributed by atoms with Crippen LogP contribution in [0.25, 0.3) is 66.6 Å². The molecule has 0 aliphatic heterocycles. The largest absolute Gasteiger partial charge is 0.212 e. The van der Waals surface area contributed by atoms with E-state index in [2.05, 4.69) is 140 Å². The highest BCUT2D eigenvalue weighted by Crippen LogP contribution is 2.43. The lowest BCUT2D eigenvalue weighted by atomic mass is 9.87. The number of benzene rings is 6. The van der Waals surface area contributed by atoms with Crippen LogP contribution in [-0.4, -0.2) is 15.0 Å². The van der Waals surface area contributed by atoms with Crippen molar-refractivity contribution in [1.29, 1.82) is 0 Å². The van der Waals surface area contributed by atoms with Gasteiger partial charge in [0, 0.05) is 17.0 Å². The lowest BCUT2D eigenvalue weighted by Gasteiger charge is -2.19. The maximum Gasteiger partial charge on any atom is 0.164 e. The molecule has 1 unspecified atom stereocenters. The minimum atomic E-state index is 0.101. The second-order valence-corrected chi connectivity index (χ2v) is 11.1. The van der Waals surface area contributed by atoms with Crippen LogP contribution in [0, 0.1) is 0 Å². The average Bonchev–Trinajstić information content (AvgIpc) is 3.11. The van der Waals surface area contributed by atoms with Gasteiger partial charge in [0.25, 0.3) is 0 Å². The van der Waals surface area contributed by atoms with Crippen molar-refractivity contribution in [2.75, 3.05) is 0 Å². The van der Waals surface area contributed by atoms with Crippen LogP contribution in [0.2, 0.25) is 0 Å². The summed E-state index contributed by atoms with van der Waals surface area (Å²) in [7, 11) is 0. The summed E-state index contributed by atoms with van der Waals surface area (Å²) < 4.78 is 0. The Morgan fingerprint density at radius 2 is 0.909 bits per heavy atom. The molecule has 0 fully saturated rings. The Hall–Kier alpha value is -5.67. The maximum atomic E-state index is 5.19. The topological polar surface area (TPSA) is 38.7 Å². The number of rotatable bonds is 5. The average molecular weight is 564 g/mol. The molecule has 1 aliphatic rings. The van der Waals surface area contributed by atoms with Gasteiger partial charge >= 0.3 is 0 Å². The minimum Gasteiger partial charge on any atom is -0.212 e. The molecule has 0 saturated carbocycles. The van der Waals surface area contributed by atoms with Crippen molar-refractivity contribution in [2.24, 2.45) is 0 Å². The molecule has 3 heteroatoms. The van der Waals surface area contributed by atoms with Crippen molar-refractivity contribution in [1.82, 2.24) is 15.0 Å². The summed E-state index contributed by atoms with van der Waals surface area (Å²) in [5.74, 6) is 2.30. The van der Waals surface area contributed by atoms with E-state index in [1.165, 1.54) is 33.0 Å². The van der Waals surface area contributed by atoms with Gasteiger partial charge in [-0.05, 0) is 50.2 Å². The lowest BCUT2D eigenvalue weighted by molar-refractivity contribution is 0.764.